The van der Waals surface area contributed by atoms with Crippen molar-refractivity contribution in [2.45, 2.75) is 13.5 Å². The molecule has 1 aromatic heterocycles. The fraction of sp³-hybridized carbons (Fsp3) is 0.143. The number of benzene rings is 3. The van der Waals surface area contributed by atoms with Gasteiger partial charge in [-0.25, -0.2) is 10.4 Å². The molecule has 186 valence electrons. The van der Waals surface area contributed by atoms with Gasteiger partial charge in [-0.3, -0.25) is 9.78 Å². The number of aromatic nitrogens is 2. The Labute approximate surface area is 214 Å². The topological polar surface area (TPSA) is 122 Å². The molecular weight excluding hydrogens is 470 g/mol. The van der Waals surface area contributed by atoms with Crippen molar-refractivity contribution in [2.24, 2.45) is 5.10 Å². The number of hydrogen-bond acceptors (Lipinski definition) is 8. The molecular formula is C28H25N5O4. The van der Waals surface area contributed by atoms with Crippen molar-refractivity contribution in [3.8, 4) is 34.6 Å². The molecule has 0 unspecified atom stereocenters. The predicted octanol–water partition coefficient (Wildman–Crippen LogP) is 4.74. The first kappa shape index (κ1) is 25.0. The number of nitriles is 1. The van der Waals surface area contributed by atoms with Crippen LogP contribution in [-0.2, 0) is 6.61 Å². The second-order valence-electron chi connectivity index (χ2n) is 7.73. The summed E-state index contributed by atoms with van der Waals surface area (Å²) < 4.78 is 17.1. The molecule has 0 atom stereocenters. The lowest BCUT2D eigenvalue weighted by atomic mass is 10.1. The van der Waals surface area contributed by atoms with E-state index >= 15 is 0 Å². The van der Waals surface area contributed by atoms with Gasteiger partial charge in [0.05, 0.1) is 25.6 Å². The Morgan fingerprint density at radius 1 is 1.03 bits per heavy atom. The van der Waals surface area contributed by atoms with E-state index < -0.39 is 5.56 Å². The van der Waals surface area contributed by atoms with E-state index in [-0.39, 0.29) is 23.8 Å². The molecule has 1 heterocycles. The van der Waals surface area contributed by atoms with E-state index in [1.165, 1.54) is 0 Å². The molecule has 0 spiro atoms. The van der Waals surface area contributed by atoms with Gasteiger partial charge in [-0.05, 0) is 42.8 Å². The SMILES string of the molecule is CCOc1ccccc1OCc1cc(C=NNc2nc(-c3ccccc3)c(C#N)c(=O)[nH]2)ccc1OC. The number of ether oxygens (including phenoxy) is 3. The molecule has 4 rings (SSSR count). The van der Waals surface area contributed by atoms with Crippen molar-refractivity contribution in [1.29, 1.82) is 5.26 Å². The van der Waals surface area contributed by atoms with Gasteiger partial charge in [0.25, 0.3) is 5.56 Å². The maximum absolute atomic E-state index is 12.4. The minimum Gasteiger partial charge on any atom is -0.496 e. The summed E-state index contributed by atoms with van der Waals surface area (Å²) in [6.07, 6.45) is 1.58. The zero-order valence-corrected chi connectivity index (χ0v) is 20.4. The molecule has 4 aromatic rings. The summed E-state index contributed by atoms with van der Waals surface area (Å²) in [6.45, 7) is 2.71. The molecule has 0 aliphatic heterocycles. The van der Waals surface area contributed by atoms with E-state index in [2.05, 4.69) is 20.5 Å². The van der Waals surface area contributed by atoms with E-state index in [0.717, 1.165) is 11.1 Å². The van der Waals surface area contributed by atoms with Crippen LogP contribution in [0, 0.1) is 11.3 Å². The van der Waals surface area contributed by atoms with Gasteiger partial charge < -0.3 is 14.2 Å². The Bertz CT molecular complexity index is 1490. The quantitative estimate of drug-likeness (QED) is 0.241. The normalized spacial score (nSPS) is 10.6. The fourth-order valence-corrected chi connectivity index (χ4v) is 3.59. The number of hydrazone groups is 1. The molecule has 0 radical (unpaired) electrons. The monoisotopic (exact) mass is 495 g/mol. The van der Waals surface area contributed by atoms with E-state index in [4.69, 9.17) is 14.2 Å². The van der Waals surface area contributed by atoms with E-state index in [0.29, 0.717) is 29.4 Å². The van der Waals surface area contributed by atoms with Crippen LogP contribution in [0.15, 0.2) is 82.7 Å². The Kier molecular flexibility index (Phi) is 8.14. The van der Waals surface area contributed by atoms with Crippen molar-refractivity contribution in [3.05, 3.63) is 99.8 Å². The maximum Gasteiger partial charge on any atom is 0.270 e. The summed E-state index contributed by atoms with van der Waals surface area (Å²) in [5.74, 6) is 2.09. The zero-order chi connectivity index (χ0) is 26.0. The van der Waals surface area contributed by atoms with Crippen molar-refractivity contribution in [2.75, 3.05) is 19.1 Å². The number of aromatic amines is 1. The first-order chi connectivity index (χ1) is 18.1. The van der Waals surface area contributed by atoms with Crippen molar-refractivity contribution in [3.63, 3.8) is 0 Å². The fourth-order valence-electron chi connectivity index (χ4n) is 3.59. The minimum atomic E-state index is -0.551. The number of anilines is 1. The van der Waals surface area contributed by atoms with E-state index in [1.807, 2.05) is 73.7 Å². The van der Waals surface area contributed by atoms with Crippen molar-refractivity contribution < 1.29 is 14.2 Å². The van der Waals surface area contributed by atoms with Gasteiger partial charge >= 0.3 is 0 Å². The molecule has 9 nitrogen and oxygen atoms in total. The van der Waals surface area contributed by atoms with Crippen LogP contribution in [0.3, 0.4) is 0 Å². The standard InChI is InChI=1S/C28H25N5O4/c1-3-36-24-11-7-8-12-25(24)37-18-21-15-19(13-14-23(21)35-2)17-30-33-28-31-26(20-9-5-4-6-10-20)22(16-29)27(34)32-28/h4-15,17H,3,18H2,1-2H3,(H2,31,32,33,34). The molecule has 0 fully saturated rings. The zero-order valence-electron chi connectivity index (χ0n) is 20.4. The molecule has 0 bridgehead atoms. The van der Waals surface area contributed by atoms with E-state index in [1.54, 1.807) is 25.5 Å². The molecule has 0 saturated heterocycles. The Morgan fingerprint density at radius 2 is 1.76 bits per heavy atom. The molecule has 9 heteroatoms. The molecule has 2 N–H and O–H groups in total. The summed E-state index contributed by atoms with van der Waals surface area (Å²) in [7, 11) is 1.60. The Hall–Kier alpha value is -5.10. The molecule has 0 aliphatic rings. The Morgan fingerprint density at radius 3 is 2.46 bits per heavy atom. The second kappa shape index (κ2) is 12.0. The number of rotatable bonds is 10. The average Bonchev–Trinajstić information content (AvgIpc) is 2.93. The van der Waals surface area contributed by atoms with Crippen LogP contribution in [0.5, 0.6) is 17.2 Å². The summed E-state index contributed by atoms with van der Waals surface area (Å²) in [5, 5.41) is 13.6. The van der Waals surface area contributed by atoms with Crippen molar-refractivity contribution in [1.82, 2.24) is 9.97 Å². The lowest BCUT2D eigenvalue weighted by Gasteiger charge is -2.14. The van der Waals surface area contributed by atoms with Crippen LogP contribution in [0.25, 0.3) is 11.3 Å². The van der Waals surface area contributed by atoms with Gasteiger partial charge in [-0.2, -0.15) is 10.4 Å². The highest BCUT2D eigenvalue weighted by Crippen LogP contribution is 2.29. The second-order valence-corrected chi connectivity index (χ2v) is 7.73. The van der Waals surface area contributed by atoms with Crippen LogP contribution >= 0.6 is 0 Å². The summed E-state index contributed by atoms with van der Waals surface area (Å²) in [4.78, 5) is 19.3. The first-order valence-electron chi connectivity index (χ1n) is 11.5. The van der Waals surface area contributed by atoms with Crippen LogP contribution in [-0.4, -0.2) is 29.9 Å². The summed E-state index contributed by atoms with van der Waals surface area (Å²) in [5.41, 5.74) is 4.64. The van der Waals surface area contributed by atoms with Crippen LogP contribution in [0.1, 0.15) is 23.6 Å². The van der Waals surface area contributed by atoms with Crippen molar-refractivity contribution >= 4 is 12.2 Å². The number of para-hydroxylation sites is 2. The van der Waals surface area contributed by atoms with Crippen LogP contribution in [0.4, 0.5) is 5.95 Å². The smallest absolute Gasteiger partial charge is 0.270 e. The molecule has 0 saturated carbocycles. The van der Waals surface area contributed by atoms with E-state index in [9.17, 15) is 10.1 Å². The number of nitrogens with one attached hydrogen (secondary N) is 2. The summed E-state index contributed by atoms with van der Waals surface area (Å²) >= 11 is 0. The maximum atomic E-state index is 12.4. The third-order valence-electron chi connectivity index (χ3n) is 5.30. The van der Waals surface area contributed by atoms with Gasteiger partial charge in [-0.15, -0.1) is 0 Å². The molecule has 0 amide bonds. The molecule has 0 aliphatic carbocycles. The molecule has 3 aromatic carbocycles. The number of methoxy groups -OCH3 is 1. The lowest BCUT2D eigenvalue weighted by Crippen LogP contribution is -2.16. The highest BCUT2D eigenvalue weighted by Gasteiger charge is 2.13. The predicted molar refractivity (Wildman–Crippen MR) is 141 cm³/mol. The van der Waals surface area contributed by atoms with Gasteiger partial charge in [0, 0.05) is 11.1 Å². The third-order valence-corrected chi connectivity index (χ3v) is 5.30. The first-order valence-corrected chi connectivity index (χ1v) is 11.5. The lowest BCUT2D eigenvalue weighted by molar-refractivity contribution is 0.265. The third kappa shape index (κ3) is 6.13. The number of hydrogen-bond donors (Lipinski definition) is 2. The van der Waals surface area contributed by atoms with Gasteiger partial charge in [-0.1, -0.05) is 42.5 Å². The average molecular weight is 496 g/mol. The van der Waals surface area contributed by atoms with Gasteiger partial charge in [0.15, 0.2) is 11.5 Å². The highest BCUT2D eigenvalue weighted by atomic mass is 16.5. The van der Waals surface area contributed by atoms with Crippen LogP contribution < -0.4 is 25.2 Å². The largest absolute Gasteiger partial charge is 0.496 e. The minimum absolute atomic E-state index is 0.0635. The summed E-state index contributed by atoms with van der Waals surface area (Å²) in [6, 6.07) is 24.0. The van der Waals surface area contributed by atoms with Gasteiger partial charge in [0.2, 0.25) is 5.95 Å². The number of nitrogens with zero attached hydrogens (tertiary/aromatic N) is 3. The van der Waals surface area contributed by atoms with Gasteiger partial charge in [0.1, 0.15) is 24.0 Å². The Balaban J connectivity index is 1.52. The molecule has 37 heavy (non-hydrogen) atoms. The highest BCUT2D eigenvalue weighted by molar-refractivity contribution is 5.81. The number of H-pyrrole nitrogens is 1. The van der Waals surface area contributed by atoms with Crippen LogP contribution in [0.2, 0.25) is 0 Å².